The van der Waals surface area contributed by atoms with E-state index in [1.807, 2.05) is 0 Å². The maximum absolute atomic E-state index is 11.9. The molecule has 9 nitrogen and oxygen atoms in total. The molecule has 0 bridgehead atoms. The lowest BCUT2D eigenvalue weighted by molar-refractivity contribution is -0.305. The summed E-state index contributed by atoms with van der Waals surface area (Å²) in [5, 5.41) is 39.4. The van der Waals surface area contributed by atoms with Crippen molar-refractivity contribution in [3.63, 3.8) is 0 Å². The van der Waals surface area contributed by atoms with Crippen LogP contribution < -0.4 is 0 Å². The summed E-state index contributed by atoms with van der Waals surface area (Å²) >= 11 is 0. The van der Waals surface area contributed by atoms with Crippen molar-refractivity contribution in [1.29, 1.82) is 0 Å². The van der Waals surface area contributed by atoms with E-state index in [1.54, 1.807) is 6.92 Å². The van der Waals surface area contributed by atoms with Crippen molar-refractivity contribution in [3.05, 3.63) is 48.6 Å². The Labute approximate surface area is 297 Å². The number of rotatable bonds is 31. The van der Waals surface area contributed by atoms with Gasteiger partial charge in [0.05, 0.1) is 19.8 Å². The lowest BCUT2D eigenvalue weighted by atomic mass is 9.99. The van der Waals surface area contributed by atoms with E-state index in [4.69, 9.17) is 18.9 Å². The van der Waals surface area contributed by atoms with Gasteiger partial charge in [0.15, 0.2) is 6.29 Å². The highest BCUT2D eigenvalue weighted by Gasteiger charge is 2.44. The van der Waals surface area contributed by atoms with Crippen molar-refractivity contribution < 1.29 is 44.2 Å². The van der Waals surface area contributed by atoms with Crippen LogP contribution in [0.3, 0.4) is 0 Å². The quantitative estimate of drug-likeness (QED) is 0.0333. The number of unbranched alkanes of at least 4 members (excludes halogenated alkanes) is 13. The SMILES string of the molecule is CC/C=C\C/C=C\C/C=C\C/C=C\CCCCCCCCCCCCCCCOCC(COC1OC(CO)C(O)C(O)C1O)OC(=O)CC. The molecule has 6 unspecified atom stereocenters. The van der Waals surface area contributed by atoms with E-state index in [9.17, 15) is 25.2 Å². The summed E-state index contributed by atoms with van der Waals surface area (Å²) < 4.78 is 22.0. The number of allylic oxidation sites excluding steroid dienone is 8. The van der Waals surface area contributed by atoms with Crippen molar-refractivity contribution in [1.82, 2.24) is 0 Å². The normalized spacial score (nSPS) is 22.3. The van der Waals surface area contributed by atoms with Crippen LogP contribution in [0.15, 0.2) is 48.6 Å². The average molecular weight is 695 g/mol. The highest BCUT2D eigenvalue weighted by molar-refractivity contribution is 5.69. The van der Waals surface area contributed by atoms with Crippen LogP contribution in [0.4, 0.5) is 0 Å². The molecule has 284 valence electrons. The third-order valence-electron chi connectivity index (χ3n) is 8.56. The third kappa shape index (κ3) is 24.1. The van der Waals surface area contributed by atoms with Gasteiger partial charge in [0.25, 0.3) is 0 Å². The molecule has 0 aromatic rings. The fourth-order valence-corrected chi connectivity index (χ4v) is 5.52. The molecule has 0 spiro atoms. The minimum absolute atomic E-state index is 0.124. The van der Waals surface area contributed by atoms with Crippen molar-refractivity contribution in [2.24, 2.45) is 0 Å². The van der Waals surface area contributed by atoms with Gasteiger partial charge in [-0.2, -0.15) is 0 Å². The second kappa shape index (κ2) is 32.1. The Morgan fingerprint density at radius 1 is 0.653 bits per heavy atom. The Morgan fingerprint density at radius 3 is 1.69 bits per heavy atom. The number of esters is 1. The number of aliphatic hydroxyl groups is 4. The fourth-order valence-electron chi connectivity index (χ4n) is 5.52. The zero-order valence-corrected chi connectivity index (χ0v) is 30.7. The van der Waals surface area contributed by atoms with Crippen LogP contribution in [0.1, 0.15) is 136 Å². The highest BCUT2D eigenvalue weighted by Crippen LogP contribution is 2.22. The van der Waals surface area contributed by atoms with Crippen LogP contribution in [0.25, 0.3) is 0 Å². The second-order valence-corrected chi connectivity index (χ2v) is 13.0. The molecule has 9 heteroatoms. The molecule has 49 heavy (non-hydrogen) atoms. The van der Waals surface area contributed by atoms with Gasteiger partial charge in [0, 0.05) is 13.0 Å². The van der Waals surface area contributed by atoms with Gasteiger partial charge in [-0.1, -0.05) is 133 Å². The van der Waals surface area contributed by atoms with Crippen LogP contribution in [-0.4, -0.2) is 89.6 Å². The van der Waals surface area contributed by atoms with Gasteiger partial charge in [-0.15, -0.1) is 0 Å². The Morgan fingerprint density at radius 2 is 1.16 bits per heavy atom. The van der Waals surface area contributed by atoms with E-state index >= 15 is 0 Å². The number of hydrogen-bond donors (Lipinski definition) is 4. The van der Waals surface area contributed by atoms with Gasteiger partial charge < -0.3 is 39.4 Å². The van der Waals surface area contributed by atoms with E-state index in [0.717, 1.165) is 38.5 Å². The Bertz CT molecular complexity index is 885. The molecule has 1 aliphatic heterocycles. The van der Waals surface area contributed by atoms with E-state index in [1.165, 1.54) is 77.0 Å². The highest BCUT2D eigenvalue weighted by atomic mass is 16.7. The molecule has 6 atom stereocenters. The first-order valence-electron chi connectivity index (χ1n) is 19.2. The van der Waals surface area contributed by atoms with E-state index in [-0.39, 0.29) is 19.6 Å². The van der Waals surface area contributed by atoms with Crippen LogP contribution in [0.5, 0.6) is 0 Å². The van der Waals surface area contributed by atoms with E-state index in [2.05, 4.69) is 55.5 Å². The van der Waals surface area contributed by atoms with Gasteiger partial charge in [0.1, 0.15) is 30.5 Å². The first-order chi connectivity index (χ1) is 23.9. The zero-order valence-electron chi connectivity index (χ0n) is 30.7. The first kappa shape index (κ1) is 45.2. The smallest absolute Gasteiger partial charge is 0.305 e. The van der Waals surface area contributed by atoms with Crippen LogP contribution in [0.2, 0.25) is 0 Å². The van der Waals surface area contributed by atoms with Gasteiger partial charge in [-0.05, 0) is 44.9 Å². The molecule has 1 rings (SSSR count). The van der Waals surface area contributed by atoms with Gasteiger partial charge in [-0.3, -0.25) is 4.79 Å². The number of hydrogen-bond acceptors (Lipinski definition) is 9. The third-order valence-corrected chi connectivity index (χ3v) is 8.56. The molecule has 0 saturated carbocycles. The van der Waals surface area contributed by atoms with Gasteiger partial charge in [-0.25, -0.2) is 0 Å². The summed E-state index contributed by atoms with van der Waals surface area (Å²) in [4.78, 5) is 11.9. The monoisotopic (exact) mass is 695 g/mol. The summed E-state index contributed by atoms with van der Waals surface area (Å²) in [5.41, 5.74) is 0. The van der Waals surface area contributed by atoms with E-state index in [0.29, 0.717) is 6.61 Å². The summed E-state index contributed by atoms with van der Waals surface area (Å²) in [5.74, 6) is -0.403. The van der Waals surface area contributed by atoms with Crippen molar-refractivity contribution in [2.75, 3.05) is 26.4 Å². The van der Waals surface area contributed by atoms with Crippen LogP contribution >= 0.6 is 0 Å². The maximum Gasteiger partial charge on any atom is 0.305 e. The molecule has 0 aromatic heterocycles. The molecule has 1 fully saturated rings. The van der Waals surface area contributed by atoms with Crippen molar-refractivity contribution in [2.45, 2.75) is 173 Å². The summed E-state index contributed by atoms with van der Waals surface area (Å²) in [6, 6.07) is 0. The molecular weight excluding hydrogens is 624 g/mol. The summed E-state index contributed by atoms with van der Waals surface area (Å²) in [6.07, 6.45) is 32.4. The second-order valence-electron chi connectivity index (χ2n) is 13.0. The predicted octanol–water partition coefficient (Wildman–Crippen LogP) is 7.41. The molecule has 0 aromatic carbocycles. The molecule has 4 N–H and O–H groups in total. The van der Waals surface area contributed by atoms with Crippen molar-refractivity contribution in [3.8, 4) is 0 Å². The van der Waals surface area contributed by atoms with Gasteiger partial charge in [0.2, 0.25) is 0 Å². The average Bonchev–Trinajstić information content (AvgIpc) is 3.11. The first-order valence-corrected chi connectivity index (χ1v) is 19.2. The van der Waals surface area contributed by atoms with Crippen LogP contribution in [0, 0.1) is 0 Å². The lowest BCUT2D eigenvalue weighted by Crippen LogP contribution is -2.59. The summed E-state index contributed by atoms with van der Waals surface area (Å²) in [7, 11) is 0. The molecule has 0 aliphatic carbocycles. The number of carbonyl (C=O) groups excluding carboxylic acids is 1. The number of aliphatic hydroxyl groups excluding tert-OH is 4. The standard InChI is InChI=1S/C40H70O9/c1-3-5-6-7-8-9-10-11-12-13-14-15-16-17-18-19-20-21-22-23-24-25-26-27-28-29-30-46-32-34(48-36(42)4-2)33-47-40-39(45)38(44)37(43)35(31-41)49-40/h5-6,8-9,11-12,14-15,34-35,37-41,43-45H,3-4,7,10,13,16-33H2,1-2H3/b6-5-,9-8-,12-11-,15-14-. The lowest BCUT2D eigenvalue weighted by Gasteiger charge is -2.39. The Kier molecular flexibility index (Phi) is 29.6. The molecular formula is C40H70O9. The molecule has 0 amide bonds. The fraction of sp³-hybridized carbons (Fsp3) is 0.775. The summed E-state index contributed by atoms with van der Waals surface area (Å²) in [6.45, 7) is 3.86. The Balaban J connectivity index is 1.96. The predicted molar refractivity (Wildman–Crippen MR) is 196 cm³/mol. The largest absolute Gasteiger partial charge is 0.457 e. The molecule has 1 aliphatic rings. The molecule has 1 saturated heterocycles. The van der Waals surface area contributed by atoms with Crippen molar-refractivity contribution >= 4 is 5.97 Å². The maximum atomic E-state index is 11.9. The van der Waals surface area contributed by atoms with E-state index < -0.39 is 49.4 Å². The Hall–Kier alpha value is -1.85. The molecule has 0 radical (unpaired) electrons. The number of carbonyl (C=O) groups is 1. The zero-order chi connectivity index (χ0) is 35.8. The van der Waals surface area contributed by atoms with Gasteiger partial charge >= 0.3 is 5.97 Å². The minimum atomic E-state index is -1.53. The minimum Gasteiger partial charge on any atom is -0.457 e. The number of ether oxygens (including phenoxy) is 4. The topological polar surface area (TPSA) is 135 Å². The molecule has 1 heterocycles. The van der Waals surface area contributed by atoms with Crippen LogP contribution in [-0.2, 0) is 23.7 Å².